The fourth-order valence-electron chi connectivity index (χ4n) is 6.35. The molecule has 0 N–H and O–H groups in total. The van der Waals surface area contributed by atoms with Crippen molar-refractivity contribution in [3.05, 3.63) is 94.2 Å². The number of benzene rings is 2. The van der Waals surface area contributed by atoms with Crippen LogP contribution in [0.4, 0.5) is 8.78 Å². The van der Waals surface area contributed by atoms with Crippen molar-refractivity contribution in [3.63, 3.8) is 0 Å². The second kappa shape index (κ2) is 9.79. The van der Waals surface area contributed by atoms with Crippen LogP contribution in [-0.4, -0.2) is 39.5 Å². The molecule has 3 atom stereocenters. The van der Waals surface area contributed by atoms with Gasteiger partial charge in [0.25, 0.3) is 5.91 Å². The van der Waals surface area contributed by atoms with Gasteiger partial charge in [-0.05, 0) is 86.4 Å². The average Bonchev–Trinajstić information content (AvgIpc) is 3.90. The number of carbonyl (C=O) groups excluding carboxylic acids is 2. The Labute approximate surface area is 236 Å². The number of fused-ring (bicyclic) bond motifs is 2. The van der Waals surface area contributed by atoms with Crippen molar-refractivity contribution in [1.82, 2.24) is 14.5 Å². The molecule has 210 valence electrons. The average molecular weight is 556 g/mol. The fraction of sp³-hybridized carbons (Fsp3) is 0.364. The summed E-state index contributed by atoms with van der Waals surface area (Å²) in [5.74, 6) is -1.83. The minimum absolute atomic E-state index is 0.0339. The van der Waals surface area contributed by atoms with Gasteiger partial charge in [0.15, 0.2) is 5.82 Å². The van der Waals surface area contributed by atoms with E-state index in [0.29, 0.717) is 25.3 Å². The molecule has 0 bridgehead atoms. The number of carbonyl (C=O) groups is 2. The standard InChI is InChI=1S/C33H31F2N3O3/c1-3-41-33(40)25-15-24(25)21-10-11-23(27(34)14-21)28-17-30-31(35)26(16-29(20-8-9-20)38(30)36-28)32(39)37-13-12-19-6-4-5-7-22(19)18(37)2/h4-7,10-11,14,16-18,20,24-25H,3,8-9,12-13,15H2,1-2H3/t18-,24+,25-/m1/s1. The first kappa shape index (κ1) is 25.9. The van der Waals surface area contributed by atoms with Crippen molar-refractivity contribution >= 4 is 17.4 Å². The zero-order chi connectivity index (χ0) is 28.4. The molecule has 3 aliphatic rings. The van der Waals surface area contributed by atoms with Crippen molar-refractivity contribution in [2.24, 2.45) is 5.92 Å². The molecule has 2 aliphatic carbocycles. The van der Waals surface area contributed by atoms with Crippen LogP contribution in [-0.2, 0) is 16.0 Å². The summed E-state index contributed by atoms with van der Waals surface area (Å²) in [6.45, 7) is 4.58. The molecule has 1 amide bonds. The van der Waals surface area contributed by atoms with E-state index in [9.17, 15) is 9.59 Å². The third-order valence-electron chi connectivity index (χ3n) is 8.87. The van der Waals surface area contributed by atoms with Crippen LogP contribution in [0, 0.1) is 17.6 Å². The number of hydrogen-bond acceptors (Lipinski definition) is 4. The first-order valence-corrected chi connectivity index (χ1v) is 14.4. The van der Waals surface area contributed by atoms with Crippen molar-refractivity contribution in [3.8, 4) is 11.3 Å². The molecule has 2 fully saturated rings. The summed E-state index contributed by atoms with van der Waals surface area (Å²) in [5, 5.41) is 4.62. The van der Waals surface area contributed by atoms with Gasteiger partial charge >= 0.3 is 5.97 Å². The molecule has 41 heavy (non-hydrogen) atoms. The molecule has 1 aliphatic heterocycles. The van der Waals surface area contributed by atoms with Gasteiger partial charge in [-0.3, -0.25) is 9.59 Å². The van der Waals surface area contributed by atoms with Crippen molar-refractivity contribution < 1.29 is 23.1 Å². The van der Waals surface area contributed by atoms with Crippen LogP contribution >= 0.6 is 0 Å². The van der Waals surface area contributed by atoms with E-state index in [2.05, 4.69) is 11.2 Å². The van der Waals surface area contributed by atoms with Crippen molar-refractivity contribution in [2.45, 2.75) is 57.4 Å². The van der Waals surface area contributed by atoms with Gasteiger partial charge in [-0.25, -0.2) is 13.3 Å². The maximum atomic E-state index is 16.1. The van der Waals surface area contributed by atoms with Crippen LogP contribution in [0.3, 0.4) is 0 Å². The van der Waals surface area contributed by atoms with Gasteiger partial charge in [0, 0.05) is 23.7 Å². The van der Waals surface area contributed by atoms with E-state index in [1.54, 1.807) is 34.5 Å². The highest BCUT2D eigenvalue weighted by Gasteiger charge is 2.45. The number of rotatable bonds is 6. The lowest BCUT2D eigenvalue weighted by Gasteiger charge is -2.35. The van der Waals surface area contributed by atoms with Crippen LogP contribution in [0.2, 0.25) is 0 Å². The third-order valence-corrected chi connectivity index (χ3v) is 8.87. The maximum Gasteiger partial charge on any atom is 0.309 e. The van der Waals surface area contributed by atoms with Gasteiger partial charge in [-0.2, -0.15) is 5.10 Å². The molecule has 8 heteroatoms. The van der Waals surface area contributed by atoms with E-state index >= 15 is 8.78 Å². The monoisotopic (exact) mass is 555 g/mol. The quantitative estimate of drug-likeness (QED) is 0.252. The second-order valence-electron chi connectivity index (χ2n) is 11.5. The van der Waals surface area contributed by atoms with Crippen LogP contribution in [0.1, 0.15) is 83.7 Å². The predicted octanol–water partition coefficient (Wildman–Crippen LogP) is 6.58. The number of hydrogen-bond donors (Lipinski definition) is 0. The molecule has 7 rings (SSSR count). The zero-order valence-electron chi connectivity index (χ0n) is 23.1. The number of esters is 1. The Bertz CT molecular complexity index is 1710. The molecular formula is C33H31F2N3O3. The smallest absolute Gasteiger partial charge is 0.309 e. The van der Waals surface area contributed by atoms with Crippen LogP contribution in [0.25, 0.3) is 16.8 Å². The number of amides is 1. The highest BCUT2D eigenvalue weighted by Crippen LogP contribution is 2.49. The number of aromatic nitrogens is 2. The Morgan fingerprint density at radius 1 is 1.07 bits per heavy atom. The molecule has 0 saturated heterocycles. The highest BCUT2D eigenvalue weighted by atomic mass is 19.1. The lowest BCUT2D eigenvalue weighted by molar-refractivity contribution is -0.144. The normalized spacial score (nSPS) is 21.6. The molecule has 2 saturated carbocycles. The maximum absolute atomic E-state index is 16.1. The van der Waals surface area contributed by atoms with E-state index in [-0.39, 0.29) is 52.3 Å². The summed E-state index contributed by atoms with van der Waals surface area (Å²) in [4.78, 5) is 27.6. The van der Waals surface area contributed by atoms with E-state index in [1.165, 1.54) is 17.7 Å². The van der Waals surface area contributed by atoms with Gasteiger partial charge < -0.3 is 9.64 Å². The van der Waals surface area contributed by atoms with Crippen LogP contribution < -0.4 is 0 Å². The molecule has 0 radical (unpaired) electrons. The van der Waals surface area contributed by atoms with Gasteiger partial charge in [0.1, 0.15) is 11.3 Å². The van der Waals surface area contributed by atoms with Gasteiger partial charge in [-0.15, -0.1) is 0 Å². The van der Waals surface area contributed by atoms with E-state index in [0.717, 1.165) is 36.1 Å². The molecule has 0 unspecified atom stereocenters. The lowest BCUT2D eigenvalue weighted by Crippen LogP contribution is -2.39. The lowest BCUT2D eigenvalue weighted by atomic mass is 9.93. The minimum atomic E-state index is -0.642. The predicted molar refractivity (Wildman–Crippen MR) is 150 cm³/mol. The molecule has 4 aromatic rings. The number of nitrogens with zero attached hydrogens (tertiary/aromatic N) is 3. The van der Waals surface area contributed by atoms with Crippen molar-refractivity contribution in [1.29, 1.82) is 0 Å². The SMILES string of the molecule is CCOC(=O)[C@@H]1C[C@H]1c1ccc(-c2cc3c(F)c(C(=O)N4CCc5ccccc5[C@H]4C)cc(C4CC4)n3n2)c(F)c1. The summed E-state index contributed by atoms with van der Waals surface area (Å²) >= 11 is 0. The zero-order valence-corrected chi connectivity index (χ0v) is 23.1. The van der Waals surface area contributed by atoms with Crippen molar-refractivity contribution in [2.75, 3.05) is 13.2 Å². The Morgan fingerprint density at radius 3 is 2.63 bits per heavy atom. The summed E-state index contributed by atoms with van der Waals surface area (Å²) in [5.41, 5.74) is 4.57. The van der Waals surface area contributed by atoms with Crippen LogP contribution in [0.5, 0.6) is 0 Å². The van der Waals surface area contributed by atoms with Gasteiger partial charge in [-0.1, -0.05) is 30.3 Å². The number of halogens is 2. The first-order valence-electron chi connectivity index (χ1n) is 14.4. The van der Waals surface area contributed by atoms with Crippen LogP contribution in [0.15, 0.2) is 54.6 Å². The largest absolute Gasteiger partial charge is 0.466 e. The van der Waals surface area contributed by atoms with Gasteiger partial charge in [0.05, 0.1) is 29.8 Å². The molecular weight excluding hydrogens is 524 g/mol. The number of ether oxygens (including phenoxy) is 1. The summed E-state index contributed by atoms with van der Waals surface area (Å²) in [6.07, 6.45) is 3.23. The topological polar surface area (TPSA) is 63.9 Å². The summed E-state index contributed by atoms with van der Waals surface area (Å²) in [6, 6.07) is 15.9. The van der Waals surface area contributed by atoms with E-state index < -0.39 is 11.6 Å². The highest BCUT2D eigenvalue weighted by molar-refractivity contribution is 5.96. The number of pyridine rings is 1. The third kappa shape index (κ3) is 4.40. The van der Waals surface area contributed by atoms with Gasteiger partial charge in [0.2, 0.25) is 0 Å². The van der Waals surface area contributed by atoms with E-state index in [1.807, 2.05) is 25.1 Å². The molecule has 2 aromatic carbocycles. The first-order chi connectivity index (χ1) is 19.9. The Kier molecular flexibility index (Phi) is 6.17. The molecule has 6 nitrogen and oxygen atoms in total. The fourth-order valence-corrected chi connectivity index (χ4v) is 6.35. The Hall–Kier alpha value is -4.07. The molecule has 0 spiro atoms. The molecule has 2 aromatic heterocycles. The van der Waals surface area contributed by atoms with E-state index in [4.69, 9.17) is 4.74 Å². The summed E-state index contributed by atoms with van der Waals surface area (Å²) < 4.78 is 38.1. The second-order valence-corrected chi connectivity index (χ2v) is 11.5. The molecule has 3 heterocycles. The summed E-state index contributed by atoms with van der Waals surface area (Å²) in [7, 11) is 0. The minimum Gasteiger partial charge on any atom is -0.466 e. The Balaban J connectivity index is 1.23. The Morgan fingerprint density at radius 2 is 1.88 bits per heavy atom.